The van der Waals surface area contributed by atoms with Gasteiger partial charge in [-0.3, -0.25) is 9.36 Å². The number of nitrogens with zero attached hydrogens (tertiary/aromatic N) is 4. The second-order valence-electron chi connectivity index (χ2n) is 6.38. The normalized spacial score (nSPS) is 23.3. The van der Waals surface area contributed by atoms with Crippen LogP contribution in [0.15, 0.2) is 29.4 Å². The van der Waals surface area contributed by atoms with Gasteiger partial charge in [0, 0.05) is 24.5 Å². The highest BCUT2D eigenvalue weighted by atomic mass is 35.5. The molecular formula is C17H19ClN4O2S. The zero-order chi connectivity index (χ0) is 17.4. The van der Waals surface area contributed by atoms with Gasteiger partial charge in [-0.25, -0.2) is 0 Å². The summed E-state index contributed by atoms with van der Waals surface area (Å²) >= 11 is 7.61. The van der Waals surface area contributed by atoms with Crippen LogP contribution in [-0.2, 0) is 9.53 Å². The van der Waals surface area contributed by atoms with E-state index in [9.17, 15) is 4.79 Å². The highest BCUT2D eigenvalue weighted by molar-refractivity contribution is 8.00. The van der Waals surface area contributed by atoms with Crippen LogP contribution in [-0.4, -0.2) is 45.2 Å². The van der Waals surface area contributed by atoms with Crippen LogP contribution in [0.1, 0.15) is 26.2 Å². The Bertz CT molecular complexity index is 791. The third-order valence-corrected chi connectivity index (χ3v) is 5.83. The molecule has 0 bridgehead atoms. The summed E-state index contributed by atoms with van der Waals surface area (Å²) in [6.07, 6.45) is 2.94. The Morgan fingerprint density at radius 2 is 2.08 bits per heavy atom. The lowest BCUT2D eigenvalue weighted by atomic mass is 10.3. The number of cyclic esters (lactones) is 1. The lowest BCUT2D eigenvalue weighted by Gasteiger charge is -2.18. The number of aromatic nitrogens is 3. The minimum atomic E-state index is -0.247. The van der Waals surface area contributed by atoms with Crippen LogP contribution in [0.4, 0.5) is 5.95 Å². The van der Waals surface area contributed by atoms with Crippen molar-refractivity contribution in [1.29, 1.82) is 0 Å². The molecule has 2 fully saturated rings. The molecule has 2 aromatic rings. The van der Waals surface area contributed by atoms with Crippen LogP contribution in [0.3, 0.4) is 0 Å². The maximum atomic E-state index is 12.0. The quantitative estimate of drug-likeness (QED) is 0.760. The van der Waals surface area contributed by atoms with Gasteiger partial charge in [0.15, 0.2) is 5.16 Å². The predicted molar refractivity (Wildman–Crippen MR) is 97.6 cm³/mol. The van der Waals surface area contributed by atoms with Crippen molar-refractivity contribution < 1.29 is 9.53 Å². The lowest BCUT2D eigenvalue weighted by molar-refractivity contribution is -0.140. The summed E-state index contributed by atoms with van der Waals surface area (Å²) in [5, 5.41) is 9.89. The van der Waals surface area contributed by atoms with Crippen LogP contribution in [0, 0.1) is 0 Å². The first-order valence-corrected chi connectivity index (χ1v) is 9.71. The summed E-state index contributed by atoms with van der Waals surface area (Å²) in [6.45, 7) is 3.84. The summed E-state index contributed by atoms with van der Waals surface area (Å²) < 4.78 is 7.27. The Morgan fingerprint density at radius 3 is 2.76 bits per heavy atom. The van der Waals surface area contributed by atoms with Gasteiger partial charge in [-0.2, -0.15) is 0 Å². The molecule has 8 heteroatoms. The number of ether oxygens (including phenoxy) is 1. The highest BCUT2D eigenvalue weighted by Crippen LogP contribution is 2.35. The van der Waals surface area contributed by atoms with Crippen molar-refractivity contribution in [1.82, 2.24) is 14.8 Å². The van der Waals surface area contributed by atoms with Gasteiger partial charge in [0.2, 0.25) is 5.95 Å². The fraction of sp³-hybridized carbons (Fsp3) is 0.471. The first-order chi connectivity index (χ1) is 12.1. The SMILES string of the molecule is C[C@@H]1C[C@H](Sc2nnc(N3CCCC3)n2-c2cccc(Cl)c2)C(=O)O1. The van der Waals surface area contributed by atoms with E-state index >= 15 is 0 Å². The minimum absolute atomic E-state index is 0.0504. The van der Waals surface area contributed by atoms with E-state index in [-0.39, 0.29) is 17.3 Å². The fourth-order valence-corrected chi connectivity index (χ4v) is 4.58. The Balaban J connectivity index is 1.72. The van der Waals surface area contributed by atoms with Crippen molar-refractivity contribution in [2.45, 2.75) is 42.7 Å². The third-order valence-electron chi connectivity index (χ3n) is 4.45. The van der Waals surface area contributed by atoms with Crippen molar-refractivity contribution in [3.8, 4) is 5.69 Å². The standard InChI is InChI=1S/C17H19ClN4O2S/c1-11-9-14(15(23)24-11)25-17-20-19-16(21-7-2-3-8-21)22(17)13-6-4-5-12(18)10-13/h4-6,10-11,14H,2-3,7-9H2,1H3/t11-,14+/m1/s1. The molecule has 1 aromatic heterocycles. The molecule has 4 rings (SSSR count). The molecule has 25 heavy (non-hydrogen) atoms. The number of halogens is 1. The summed E-state index contributed by atoms with van der Waals surface area (Å²) in [5.74, 6) is 0.627. The number of hydrogen-bond donors (Lipinski definition) is 0. The summed E-state index contributed by atoms with van der Waals surface area (Å²) in [6, 6.07) is 7.62. The van der Waals surface area contributed by atoms with Crippen molar-refractivity contribution in [2.24, 2.45) is 0 Å². The fourth-order valence-electron chi connectivity index (χ4n) is 3.25. The van der Waals surface area contributed by atoms with Crippen molar-refractivity contribution in [3.05, 3.63) is 29.3 Å². The molecule has 2 saturated heterocycles. The molecular weight excluding hydrogens is 360 g/mol. The van der Waals surface area contributed by atoms with Gasteiger partial charge >= 0.3 is 5.97 Å². The van der Waals surface area contributed by atoms with Crippen LogP contribution in [0.2, 0.25) is 5.02 Å². The lowest BCUT2D eigenvalue weighted by Crippen LogP contribution is -2.22. The Kier molecular flexibility index (Phi) is 4.60. The minimum Gasteiger partial charge on any atom is -0.462 e. The maximum Gasteiger partial charge on any atom is 0.319 e. The first kappa shape index (κ1) is 16.7. The topological polar surface area (TPSA) is 60.2 Å². The number of carbonyl (C=O) groups excluding carboxylic acids is 1. The van der Waals surface area contributed by atoms with Crippen LogP contribution in [0.25, 0.3) is 5.69 Å². The summed E-state index contributed by atoms with van der Waals surface area (Å²) in [7, 11) is 0. The largest absolute Gasteiger partial charge is 0.462 e. The van der Waals surface area contributed by atoms with Gasteiger partial charge < -0.3 is 9.64 Å². The molecule has 6 nitrogen and oxygen atoms in total. The predicted octanol–water partition coefficient (Wildman–Crippen LogP) is 3.32. The smallest absolute Gasteiger partial charge is 0.319 e. The number of carbonyl (C=O) groups is 1. The van der Waals surface area contributed by atoms with E-state index in [0.717, 1.165) is 37.6 Å². The second-order valence-corrected chi connectivity index (χ2v) is 7.99. The molecule has 0 amide bonds. The van der Waals surface area contributed by atoms with Crippen molar-refractivity contribution >= 4 is 35.3 Å². The van der Waals surface area contributed by atoms with E-state index < -0.39 is 0 Å². The van der Waals surface area contributed by atoms with Crippen LogP contribution < -0.4 is 4.90 Å². The number of anilines is 1. The molecule has 2 aliphatic rings. The van der Waals surface area contributed by atoms with Gasteiger partial charge in [0.05, 0.1) is 5.69 Å². The Hall–Kier alpha value is -1.73. The van der Waals surface area contributed by atoms with E-state index in [1.165, 1.54) is 11.8 Å². The maximum absolute atomic E-state index is 12.0. The molecule has 2 aliphatic heterocycles. The van der Waals surface area contributed by atoms with E-state index in [2.05, 4.69) is 15.1 Å². The average molecular weight is 379 g/mol. The summed E-state index contributed by atoms with van der Waals surface area (Å²) in [5.41, 5.74) is 0.904. The molecule has 0 spiro atoms. The molecule has 0 N–H and O–H groups in total. The number of benzene rings is 1. The monoisotopic (exact) mass is 378 g/mol. The number of esters is 1. The molecule has 2 atom stereocenters. The molecule has 3 heterocycles. The zero-order valence-corrected chi connectivity index (χ0v) is 15.5. The third kappa shape index (κ3) is 3.35. The number of hydrogen-bond acceptors (Lipinski definition) is 6. The van der Waals surface area contributed by atoms with Crippen molar-refractivity contribution in [2.75, 3.05) is 18.0 Å². The summed E-state index contributed by atoms with van der Waals surface area (Å²) in [4.78, 5) is 14.3. The highest BCUT2D eigenvalue weighted by Gasteiger charge is 2.35. The molecule has 1 aromatic carbocycles. The number of rotatable bonds is 4. The average Bonchev–Trinajstić information content (AvgIpc) is 3.28. The van der Waals surface area contributed by atoms with Gasteiger partial charge in [-0.1, -0.05) is 29.4 Å². The zero-order valence-electron chi connectivity index (χ0n) is 13.9. The van der Waals surface area contributed by atoms with Gasteiger partial charge in [0.25, 0.3) is 0 Å². The molecule has 0 unspecified atom stereocenters. The molecule has 0 aliphatic carbocycles. The van der Waals surface area contributed by atoms with Crippen LogP contribution in [0.5, 0.6) is 0 Å². The van der Waals surface area contributed by atoms with Gasteiger partial charge in [-0.05, 0) is 38.0 Å². The van der Waals surface area contributed by atoms with E-state index in [1.54, 1.807) is 0 Å². The molecule has 0 saturated carbocycles. The molecule has 132 valence electrons. The van der Waals surface area contributed by atoms with Crippen LogP contribution >= 0.6 is 23.4 Å². The van der Waals surface area contributed by atoms with E-state index in [1.807, 2.05) is 35.8 Å². The van der Waals surface area contributed by atoms with Crippen molar-refractivity contribution in [3.63, 3.8) is 0 Å². The second kappa shape index (κ2) is 6.88. The van der Waals surface area contributed by atoms with E-state index in [0.29, 0.717) is 16.6 Å². The van der Waals surface area contributed by atoms with Gasteiger partial charge in [0.1, 0.15) is 11.4 Å². The van der Waals surface area contributed by atoms with Gasteiger partial charge in [-0.15, -0.1) is 10.2 Å². The molecule has 0 radical (unpaired) electrons. The Labute approximate surface area is 155 Å². The Morgan fingerprint density at radius 1 is 1.28 bits per heavy atom. The number of thioether (sulfide) groups is 1. The first-order valence-electron chi connectivity index (χ1n) is 8.45. The van der Waals surface area contributed by atoms with E-state index in [4.69, 9.17) is 16.3 Å².